The van der Waals surface area contributed by atoms with E-state index in [1.807, 2.05) is 4.90 Å². The number of carbonyl (C=O) groups excluding carboxylic acids is 1. The summed E-state index contributed by atoms with van der Waals surface area (Å²) in [4.78, 5) is 13.7. The fraction of sp³-hybridized carbons (Fsp3) is 0.429. The van der Waals surface area contributed by atoms with Gasteiger partial charge < -0.3 is 10.6 Å². The van der Waals surface area contributed by atoms with E-state index in [0.717, 1.165) is 18.5 Å². The molecule has 19 heavy (non-hydrogen) atoms. The highest BCUT2D eigenvalue weighted by molar-refractivity contribution is 7.80. The third-order valence-electron chi connectivity index (χ3n) is 3.54. The number of thiocarbonyl (C=S) groups is 1. The van der Waals surface area contributed by atoms with Gasteiger partial charge in [0.1, 0.15) is 10.8 Å². The van der Waals surface area contributed by atoms with Crippen LogP contribution in [0.1, 0.15) is 30.9 Å². The molecule has 1 unspecified atom stereocenters. The number of hydrogen-bond acceptors (Lipinski definition) is 2. The number of likely N-dealkylation sites (tertiary alicyclic amines) is 1. The Labute approximate surface area is 117 Å². The van der Waals surface area contributed by atoms with Gasteiger partial charge in [-0.25, -0.2) is 4.39 Å². The lowest BCUT2D eigenvalue weighted by molar-refractivity contribution is -0.128. The molecule has 2 rings (SSSR count). The Bertz CT molecular complexity index is 518. The molecule has 3 nitrogen and oxygen atoms in total. The third kappa shape index (κ3) is 3.10. The molecule has 1 amide bonds. The van der Waals surface area contributed by atoms with Crippen LogP contribution in [-0.4, -0.2) is 22.3 Å². The average molecular weight is 280 g/mol. The van der Waals surface area contributed by atoms with Crippen molar-refractivity contribution in [1.82, 2.24) is 4.90 Å². The van der Waals surface area contributed by atoms with E-state index in [0.29, 0.717) is 18.9 Å². The minimum atomic E-state index is -0.421. The Morgan fingerprint density at radius 1 is 1.58 bits per heavy atom. The summed E-state index contributed by atoms with van der Waals surface area (Å²) in [5.74, 6) is 0.173. The maximum Gasteiger partial charge on any atom is 0.223 e. The molecule has 2 N–H and O–H groups in total. The first-order valence-electron chi connectivity index (χ1n) is 6.37. The van der Waals surface area contributed by atoms with Crippen LogP contribution in [0.3, 0.4) is 0 Å². The number of hydrogen-bond donors (Lipinski definition) is 1. The Morgan fingerprint density at radius 3 is 2.89 bits per heavy atom. The van der Waals surface area contributed by atoms with Crippen LogP contribution >= 0.6 is 12.2 Å². The van der Waals surface area contributed by atoms with E-state index in [4.69, 9.17) is 18.0 Å². The minimum Gasteiger partial charge on any atom is -0.389 e. The lowest BCUT2D eigenvalue weighted by Crippen LogP contribution is -2.25. The lowest BCUT2D eigenvalue weighted by atomic mass is 10.1. The summed E-state index contributed by atoms with van der Waals surface area (Å²) in [6.07, 6.45) is 1.61. The zero-order valence-corrected chi connectivity index (χ0v) is 11.7. The lowest BCUT2D eigenvalue weighted by Gasteiger charge is -2.17. The normalized spacial score (nSPS) is 18.9. The molecule has 0 bridgehead atoms. The molecule has 1 aromatic carbocycles. The summed E-state index contributed by atoms with van der Waals surface area (Å²) in [5, 5.41) is 0. The number of nitrogens with two attached hydrogens (primary N) is 1. The molecule has 1 atom stereocenters. The van der Waals surface area contributed by atoms with Crippen LogP contribution in [0, 0.1) is 11.7 Å². The van der Waals surface area contributed by atoms with Gasteiger partial charge in [-0.3, -0.25) is 4.79 Å². The van der Waals surface area contributed by atoms with Gasteiger partial charge in [0.15, 0.2) is 0 Å². The molecular weight excluding hydrogens is 263 g/mol. The van der Waals surface area contributed by atoms with Gasteiger partial charge in [0.05, 0.1) is 0 Å². The first-order valence-corrected chi connectivity index (χ1v) is 6.78. The fourth-order valence-electron chi connectivity index (χ4n) is 2.36. The van der Waals surface area contributed by atoms with Gasteiger partial charge >= 0.3 is 0 Å². The summed E-state index contributed by atoms with van der Waals surface area (Å²) < 4.78 is 13.5. The van der Waals surface area contributed by atoms with Crippen molar-refractivity contribution in [1.29, 1.82) is 0 Å². The predicted octanol–water partition coefficient (Wildman–Crippen LogP) is 2.22. The highest BCUT2D eigenvalue weighted by atomic mass is 32.1. The molecule has 1 aliphatic heterocycles. The van der Waals surface area contributed by atoms with Crippen molar-refractivity contribution < 1.29 is 9.18 Å². The Kier molecular flexibility index (Phi) is 4.14. The Morgan fingerprint density at radius 2 is 2.32 bits per heavy atom. The van der Waals surface area contributed by atoms with Crippen LogP contribution in [0.2, 0.25) is 0 Å². The van der Waals surface area contributed by atoms with Gasteiger partial charge in [-0.1, -0.05) is 31.6 Å². The van der Waals surface area contributed by atoms with Crippen molar-refractivity contribution in [2.24, 2.45) is 11.7 Å². The number of rotatable bonds is 4. The van der Waals surface area contributed by atoms with E-state index in [1.54, 1.807) is 12.1 Å². The molecule has 1 fully saturated rings. The molecule has 0 aliphatic carbocycles. The van der Waals surface area contributed by atoms with Crippen molar-refractivity contribution in [2.75, 3.05) is 6.54 Å². The number of benzene rings is 1. The van der Waals surface area contributed by atoms with Gasteiger partial charge in [-0.2, -0.15) is 0 Å². The summed E-state index contributed by atoms with van der Waals surface area (Å²) in [5.41, 5.74) is 6.57. The van der Waals surface area contributed by atoms with E-state index < -0.39 is 5.82 Å². The highest BCUT2D eigenvalue weighted by Crippen LogP contribution is 2.23. The summed E-state index contributed by atoms with van der Waals surface area (Å²) >= 11 is 4.81. The number of halogens is 1. The monoisotopic (exact) mass is 280 g/mol. The molecule has 1 saturated heterocycles. The van der Waals surface area contributed by atoms with Gasteiger partial charge in [0.2, 0.25) is 5.91 Å². The first kappa shape index (κ1) is 13.9. The van der Waals surface area contributed by atoms with Crippen LogP contribution < -0.4 is 5.73 Å². The molecule has 1 aliphatic rings. The van der Waals surface area contributed by atoms with Crippen molar-refractivity contribution in [3.8, 4) is 0 Å². The Hall–Kier alpha value is -1.49. The average Bonchev–Trinajstić information content (AvgIpc) is 2.72. The van der Waals surface area contributed by atoms with Crippen molar-refractivity contribution in [3.63, 3.8) is 0 Å². The van der Waals surface area contributed by atoms with E-state index in [1.165, 1.54) is 6.07 Å². The predicted molar refractivity (Wildman–Crippen MR) is 76.1 cm³/mol. The topological polar surface area (TPSA) is 46.3 Å². The SMILES string of the molecule is CCC1CC(=O)N(Cc2ccc(F)c(C(N)=S)c2)C1. The van der Waals surface area contributed by atoms with Crippen LogP contribution in [0.15, 0.2) is 18.2 Å². The van der Waals surface area contributed by atoms with E-state index >= 15 is 0 Å². The summed E-state index contributed by atoms with van der Waals surface area (Å²) in [7, 11) is 0. The quantitative estimate of drug-likeness (QED) is 0.860. The maximum absolute atomic E-state index is 13.5. The molecule has 1 aromatic rings. The minimum absolute atomic E-state index is 0.0403. The summed E-state index contributed by atoms with van der Waals surface area (Å²) in [6, 6.07) is 4.65. The highest BCUT2D eigenvalue weighted by Gasteiger charge is 2.28. The maximum atomic E-state index is 13.5. The van der Waals surface area contributed by atoms with Crippen molar-refractivity contribution in [3.05, 3.63) is 35.1 Å². The van der Waals surface area contributed by atoms with Crippen LogP contribution in [0.4, 0.5) is 4.39 Å². The number of carbonyl (C=O) groups is 1. The van der Waals surface area contributed by atoms with E-state index in [-0.39, 0.29) is 16.5 Å². The molecule has 0 radical (unpaired) electrons. The standard InChI is InChI=1S/C14H17FN2OS/c1-2-9-6-13(18)17(7-9)8-10-3-4-12(15)11(5-10)14(16)19/h3-5,9H,2,6-8H2,1H3,(H2,16,19). The second kappa shape index (κ2) is 5.65. The zero-order chi connectivity index (χ0) is 14.0. The van der Waals surface area contributed by atoms with E-state index in [2.05, 4.69) is 6.92 Å². The van der Waals surface area contributed by atoms with Gasteiger partial charge in [-0.05, 0) is 23.6 Å². The van der Waals surface area contributed by atoms with Crippen LogP contribution in [0.25, 0.3) is 0 Å². The summed E-state index contributed by atoms with van der Waals surface area (Å²) in [6.45, 7) is 3.35. The fourth-order valence-corrected chi connectivity index (χ4v) is 2.52. The number of nitrogens with zero attached hydrogens (tertiary/aromatic N) is 1. The van der Waals surface area contributed by atoms with Gasteiger partial charge in [-0.15, -0.1) is 0 Å². The van der Waals surface area contributed by atoms with Crippen molar-refractivity contribution in [2.45, 2.75) is 26.3 Å². The second-order valence-corrected chi connectivity index (χ2v) is 5.37. The molecule has 102 valence electrons. The number of amides is 1. The Balaban J connectivity index is 2.14. The van der Waals surface area contributed by atoms with Crippen molar-refractivity contribution >= 4 is 23.1 Å². The third-order valence-corrected chi connectivity index (χ3v) is 3.76. The molecular formula is C14H17FN2OS. The molecule has 5 heteroatoms. The molecule has 0 aromatic heterocycles. The molecule has 1 heterocycles. The largest absolute Gasteiger partial charge is 0.389 e. The van der Waals surface area contributed by atoms with Gasteiger partial charge in [0, 0.05) is 25.1 Å². The molecule has 0 saturated carbocycles. The second-order valence-electron chi connectivity index (χ2n) is 4.93. The van der Waals surface area contributed by atoms with E-state index in [9.17, 15) is 9.18 Å². The first-order chi connectivity index (χ1) is 9.01. The zero-order valence-electron chi connectivity index (χ0n) is 10.9. The molecule has 0 spiro atoms. The smallest absolute Gasteiger partial charge is 0.223 e. The van der Waals surface area contributed by atoms with Gasteiger partial charge in [0.25, 0.3) is 0 Å². The van der Waals surface area contributed by atoms with Crippen LogP contribution in [-0.2, 0) is 11.3 Å². The van der Waals surface area contributed by atoms with Crippen LogP contribution in [0.5, 0.6) is 0 Å².